The van der Waals surface area contributed by atoms with Crippen molar-refractivity contribution in [1.82, 2.24) is 4.98 Å². The maximum atomic E-state index is 5.62. The first-order chi connectivity index (χ1) is 8.18. The van der Waals surface area contributed by atoms with E-state index >= 15 is 0 Å². The lowest BCUT2D eigenvalue weighted by molar-refractivity contribution is -0.00483. The van der Waals surface area contributed by atoms with Gasteiger partial charge in [0.15, 0.2) is 0 Å². The first kappa shape index (κ1) is 12.8. The van der Waals surface area contributed by atoms with Gasteiger partial charge in [0.05, 0.1) is 5.60 Å². The fourth-order valence-electron chi connectivity index (χ4n) is 2.37. The minimum Gasteiger partial charge on any atom is -0.377 e. The second-order valence-electron chi connectivity index (χ2n) is 4.80. The Bertz CT molecular complexity index is 385. The molecule has 1 aromatic heterocycles. The number of ether oxygens (including phenoxy) is 1. The fraction of sp³-hybridized carbons (Fsp3) is 0.615. The topological polar surface area (TPSA) is 25.4 Å². The molecule has 0 N–H and O–H groups in total. The Hall–Kier alpha value is -0.610. The van der Waals surface area contributed by atoms with Gasteiger partial charge in [-0.15, -0.1) is 0 Å². The molecule has 4 heteroatoms. The van der Waals surface area contributed by atoms with E-state index in [2.05, 4.69) is 38.8 Å². The summed E-state index contributed by atoms with van der Waals surface area (Å²) in [6, 6.07) is 4.11. The molecule has 17 heavy (non-hydrogen) atoms. The maximum absolute atomic E-state index is 5.62. The predicted molar refractivity (Wildman–Crippen MR) is 73.7 cm³/mol. The number of anilines is 1. The van der Waals surface area contributed by atoms with Gasteiger partial charge in [0, 0.05) is 37.3 Å². The Kier molecular flexibility index (Phi) is 4.05. The SMILES string of the molecule is COC1(C)CCCN(c2ncccc2CBr)C1. The summed E-state index contributed by atoms with van der Waals surface area (Å²) < 4.78 is 5.62. The third-order valence-corrected chi connectivity index (χ3v) is 4.07. The molecular weight excluding hydrogens is 280 g/mol. The molecule has 1 aromatic rings. The second-order valence-corrected chi connectivity index (χ2v) is 5.36. The van der Waals surface area contributed by atoms with Crippen LogP contribution in [0.25, 0.3) is 0 Å². The lowest BCUT2D eigenvalue weighted by atomic mass is 9.94. The van der Waals surface area contributed by atoms with Gasteiger partial charge in [-0.25, -0.2) is 4.98 Å². The molecule has 1 fully saturated rings. The number of alkyl halides is 1. The van der Waals surface area contributed by atoms with Crippen molar-refractivity contribution in [3.8, 4) is 0 Å². The average Bonchev–Trinajstić information content (AvgIpc) is 2.39. The van der Waals surface area contributed by atoms with Crippen LogP contribution in [-0.4, -0.2) is 30.8 Å². The summed E-state index contributed by atoms with van der Waals surface area (Å²) in [5.74, 6) is 1.09. The molecule has 0 bridgehead atoms. The summed E-state index contributed by atoms with van der Waals surface area (Å²) in [6.45, 7) is 4.16. The van der Waals surface area contributed by atoms with E-state index in [9.17, 15) is 0 Å². The molecule has 1 unspecified atom stereocenters. The van der Waals surface area contributed by atoms with E-state index in [-0.39, 0.29) is 5.60 Å². The summed E-state index contributed by atoms with van der Waals surface area (Å²) in [6.07, 6.45) is 4.14. The molecule has 0 spiro atoms. The zero-order valence-electron chi connectivity index (χ0n) is 10.4. The average molecular weight is 299 g/mol. The number of methoxy groups -OCH3 is 1. The fourth-order valence-corrected chi connectivity index (χ4v) is 2.81. The number of nitrogens with zero attached hydrogens (tertiary/aromatic N) is 2. The monoisotopic (exact) mass is 298 g/mol. The Morgan fingerprint density at radius 3 is 3.12 bits per heavy atom. The Balaban J connectivity index is 2.22. The van der Waals surface area contributed by atoms with Crippen LogP contribution < -0.4 is 4.90 Å². The van der Waals surface area contributed by atoms with Gasteiger partial charge < -0.3 is 9.64 Å². The Morgan fingerprint density at radius 2 is 2.41 bits per heavy atom. The molecule has 94 valence electrons. The number of hydrogen-bond acceptors (Lipinski definition) is 3. The molecule has 0 aromatic carbocycles. The number of aromatic nitrogens is 1. The van der Waals surface area contributed by atoms with Crippen molar-refractivity contribution >= 4 is 21.7 Å². The first-order valence-corrected chi connectivity index (χ1v) is 7.10. The highest BCUT2D eigenvalue weighted by molar-refractivity contribution is 9.08. The van der Waals surface area contributed by atoms with Crippen LogP contribution in [0, 0.1) is 0 Å². The highest BCUT2D eigenvalue weighted by Gasteiger charge is 2.31. The second kappa shape index (κ2) is 5.36. The summed E-state index contributed by atoms with van der Waals surface area (Å²) in [5, 5.41) is 0.844. The van der Waals surface area contributed by atoms with Gasteiger partial charge in [-0.05, 0) is 25.8 Å². The molecule has 0 radical (unpaired) electrons. The molecule has 0 amide bonds. The van der Waals surface area contributed by atoms with Crippen molar-refractivity contribution in [2.75, 3.05) is 25.1 Å². The normalized spacial score (nSPS) is 25.0. The summed E-state index contributed by atoms with van der Waals surface area (Å²) in [4.78, 5) is 6.85. The van der Waals surface area contributed by atoms with Gasteiger partial charge in [-0.2, -0.15) is 0 Å². The van der Waals surface area contributed by atoms with Crippen molar-refractivity contribution in [3.05, 3.63) is 23.9 Å². The largest absolute Gasteiger partial charge is 0.377 e. The van der Waals surface area contributed by atoms with Crippen molar-refractivity contribution in [3.63, 3.8) is 0 Å². The van der Waals surface area contributed by atoms with E-state index in [0.29, 0.717) is 0 Å². The standard InChI is InChI=1S/C13H19BrN2O/c1-13(17-2)6-4-8-16(10-13)12-11(9-14)5-3-7-15-12/h3,5,7H,4,6,8-10H2,1-2H3. The van der Waals surface area contributed by atoms with Crippen LogP contribution in [0.15, 0.2) is 18.3 Å². The molecule has 0 saturated carbocycles. The highest BCUT2D eigenvalue weighted by Crippen LogP contribution is 2.29. The summed E-state index contributed by atoms with van der Waals surface area (Å²) in [5.41, 5.74) is 1.20. The molecule has 2 heterocycles. The van der Waals surface area contributed by atoms with E-state index < -0.39 is 0 Å². The smallest absolute Gasteiger partial charge is 0.132 e. The summed E-state index contributed by atoms with van der Waals surface area (Å²) in [7, 11) is 1.80. The summed E-state index contributed by atoms with van der Waals surface area (Å²) >= 11 is 3.52. The van der Waals surface area contributed by atoms with E-state index in [1.54, 1.807) is 7.11 Å². The molecule has 2 rings (SSSR count). The number of halogens is 1. The van der Waals surface area contributed by atoms with Crippen molar-refractivity contribution < 1.29 is 4.74 Å². The van der Waals surface area contributed by atoms with Crippen LogP contribution in [0.1, 0.15) is 25.3 Å². The van der Waals surface area contributed by atoms with Crippen LogP contribution in [0.2, 0.25) is 0 Å². The van der Waals surface area contributed by atoms with Crippen molar-refractivity contribution in [2.24, 2.45) is 0 Å². The lowest BCUT2D eigenvalue weighted by Crippen LogP contribution is -2.48. The molecule has 0 aliphatic carbocycles. The van der Waals surface area contributed by atoms with Crippen LogP contribution >= 0.6 is 15.9 Å². The first-order valence-electron chi connectivity index (χ1n) is 5.98. The van der Waals surface area contributed by atoms with Crippen LogP contribution in [0.5, 0.6) is 0 Å². The molecule has 3 nitrogen and oxygen atoms in total. The highest BCUT2D eigenvalue weighted by atomic mass is 79.9. The van der Waals surface area contributed by atoms with E-state index in [1.807, 2.05) is 12.3 Å². The van der Waals surface area contributed by atoms with Gasteiger partial charge in [-0.3, -0.25) is 0 Å². The van der Waals surface area contributed by atoms with Crippen molar-refractivity contribution in [2.45, 2.75) is 30.7 Å². The zero-order valence-corrected chi connectivity index (χ0v) is 12.0. The van der Waals surface area contributed by atoms with Gasteiger partial charge >= 0.3 is 0 Å². The predicted octanol–water partition coefficient (Wildman–Crippen LogP) is 2.98. The van der Waals surface area contributed by atoms with Crippen LogP contribution in [-0.2, 0) is 10.1 Å². The Morgan fingerprint density at radius 1 is 1.59 bits per heavy atom. The van der Waals surface area contributed by atoms with Gasteiger partial charge in [-0.1, -0.05) is 22.0 Å². The molecule has 1 aliphatic heterocycles. The Labute approximate surface area is 111 Å². The van der Waals surface area contributed by atoms with E-state index in [0.717, 1.165) is 37.1 Å². The molecule has 1 atom stereocenters. The van der Waals surface area contributed by atoms with Crippen LogP contribution in [0.4, 0.5) is 5.82 Å². The lowest BCUT2D eigenvalue weighted by Gasteiger charge is -2.40. The van der Waals surface area contributed by atoms with Gasteiger partial charge in [0.25, 0.3) is 0 Å². The van der Waals surface area contributed by atoms with E-state index in [4.69, 9.17) is 4.74 Å². The minimum atomic E-state index is -0.0423. The number of rotatable bonds is 3. The third kappa shape index (κ3) is 2.80. The number of piperidine rings is 1. The quantitative estimate of drug-likeness (QED) is 0.802. The third-order valence-electron chi connectivity index (χ3n) is 3.46. The van der Waals surface area contributed by atoms with Crippen molar-refractivity contribution in [1.29, 1.82) is 0 Å². The van der Waals surface area contributed by atoms with Gasteiger partial charge in [0.2, 0.25) is 0 Å². The number of hydrogen-bond donors (Lipinski definition) is 0. The number of pyridine rings is 1. The zero-order chi connectivity index (χ0) is 12.3. The molecule has 1 aliphatic rings. The van der Waals surface area contributed by atoms with Crippen LogP contribution in [0.3, 0.4) is 0 Å². The van der Waals surface area contributed by atoms with Gasteiger partial charge in [0.1, 0.15) is 5.82 Å². The molecule has 1 saturated heterocycles. The molecular formula is C13H19BrN2O. The van der Waals surface area contributed by atoms with E-state index in [1.165, 1.54) is 5.56 Å². The maximum Gasteiger partial charge on any atom is 0.132 e. The minimum absolute atomic E-state index is 0.0423.